The van der Waals surface area contributed by atoms with Crippen molar-refractivity contribution in [1.82, 2.24) is 4.90 Å². The summed E-state index contributed by atoms with van der Waals surface area (Å²) < 4.78 is 5.53. The number of rotatable bonds is 3. The number of ether oxygens (including phenoxy) is 1. The van der Waals surface area contributed by atoms with Gasteiger partial charge in [0.25, 0.3) is 0 Å². The van der Waals surface area contributed by atoms with Crippen LogP contribution in [0.4, 0.5) is 0 Å². The van der Waals surface area contributed by atoms with Crippen molar-refractivity contribution in [1.29, 1.82) is 0 Å². The number of hydrogen-bond acceptors (Lipinski definition) is 3. The summed E-state index contributed by atoms with van der Waals surface area (Å²) in [4.78, 5) is 14.3. The van der Waals surface area contributed by atoms with Crippen molar-refractivity contribution >= 4 is 18.3 Å². The van der Waals surface area contributed by atoms with Gasteiger partial charge in [0.15, 0.2) is 0 Å². The van der Waals surface area contributed by atoms with Crippen LogP contribution in [-0.2, 0) is 9.53 Å². The number of piperidine rings is 1. The van der Waals surface area contributed by atoms with Crippen LogP contribution in [-0.4, -0.2) is 42.1 Å². The van der Waals surface area contributed by atoms with Gasteiger partial charge >= 0.3 is 0 Å². The van der Waals surface area contributed by atoms with Gasteiger partial charge in [-0.05, 0) is 39.0 Å². The number of likely N-dealkylation sites (tertiary alicyclic amines) is 1. The van der Waals surface area contributed by atoms with E-state index in [1.165, 1.54) is 6.42 Å². The Hall–Kier alpha value is -0.320. The smallest absolute Gasteiger partial charge is 0.225 e. The van der Waals surface area contributed by atoms with Crippen LogP contribution >= 0.6 is 12.4 Å². The molecule has 2 rings (SSSR count). The van der Waals surface area contributed by atoms with Crippen LogP contribution in [0.25, 0.3) is 0 Å². The molecule has 0 radical (unpaired) electrons. The van der Waals surface area contributed by atoms with Crippen LogP contribution in [0.1, 0.15) is 45.4 Å². The third-order valence-electron chi connectivity index (χ3n) is 3.90. The van der Waals surface area contributed by atoms with E-state index in [-0.39, 0.29) is 36.5 Å². The highest BCUT2D eigenvalue weighted by molar-refractivity contribution is 5.85. The highest BCUT2D eigenvalue weighted by atomic mass is 35.5. The fourth-order valence-corrected chi connectivity index (χ4v) is 2.93. The molecular weight excluding hydrogens is 252 g/mol. The molecule has 3 unspecified atom stereocenters. The van der Waals surface area contributed by atoms with E-state index in [4.69, 9.17) is 10.5 Å². The Morgan fingerprint density at radius 2 is 2.17 bits per heavy atom. The number of carbonyl (C=O) groups excluding carboxylic acids is 1. The van der Waals surface area contributed by atoms with Crippen molar-refractivity contribution in [3.63, 3.8) is 0 Å². The highest BCUT2D eigenvalue weighted by Gasteiger charge is 2.31. The lowest BCUT2D eigenvalue weighted by molar-refractivity contribution is -0.137. The monoisotopic (exact) mass is 276 g/mol. The number of carbonyl (C=O) groups is 1. The maximum atomic E-state index is 12.3. The Labute approximate surface area is 116 Å². The van der Waals surface area contributed by atoms with Crippen molar-refractivity contribution in [3.8, 4) is 0 Å². The first kappa shape index (κ1) is 15.7. The molecule has 2 aliphatic heterocycles. The Morgan fingerprint density at radius 1 is 1.39 bits per heavy atom. The third-order valence-corrected chi connectivity index (χ3v) is 3.90. The maximum Gasteiger partial charge on any atom is 0.225 e. The maximum absolute atomic E-state index is 12.3. The summed E-state index contributed by atoms with van der Waals surface area (Å²) in [6, 6.07) is 0.307. The molecule has 0 aromatic rings. The molecule has 2 saturated heterocycles. The lowest BCUT2D eigenvalue weighted by atomic mass is 9.96. The molecule has 2 aliphatic rings. The second-order valence-electron chi connectivity index (χ2n) is 5.35. The van der Waals surface area contributed by atoms with Gasteiger partial charge in [-0.25, -0.2) is 0 Å². The quantitative estimate of drug-likeness (QED) is 0.854. The van der Waals surface area contributed by atoms with Crippen LogP contribution in [0.3, 0.4) is 0 Å². The normalized spacial score (nSPS) is 29.8. The summed E-state index contributed by atoms with van der Waals surface area (Å²) >= 11 is 0. The zero-order valence-electron chi connectivity index (χ0n) is 11.1. The first-order valence-electron chi connectivity index (χ1n) is 6.85. The van der Waals surface area contributed by atoms with Gasteiger partial charge in [0.1, 0.15) is 0 Å². The largest absolute Gasteiger partial charge is 0.378 e. The first-order chi connectivity index (χ1) is 8.18. The predicted molar refractivity (Wildman–Crippen MR) is 73.8 cm³/mol. The van der Waals surface area contributed by atoms with Crippen molar-refractivity contribution in [3.05, 3.63) is 0 Å². The molecule has 3 atom stereocenters. The Balaban J connectivity index is 0.00000162. The van der Waals surface area contributed by atoms with Gasteiger partial charge in [-0.15, -0.1) is 12.4 Å². The fourth-order valence-electron chi connectivity index (χ4n) is 2.93. The number of halogens is 1. The standard InChI is InChI=1S/C13H24N2O2.ClH/c1-10(14)12-6-2-3-7-15(12)13(16)9-11-5-4-8-17-11;/h10-12H,2-9,14H2,1H3;1H. The average molecular weight is 277 g/mol. The zero-order valence-corrected chi connectivity index (χ0v) is 12.0. The van der Waals surface area contributed by atoms with E-state index in [0.717, 1.165) is 38.8 Å². The van der Waals surface area contributed by atoms with Crippen molar-refractivity contribution in [2.45, 2.75) is 63.6 Å². The second-order valence-corrected chi connectivity index (χ2v) is 5.35. The van der Waals surface area contributed by atoms with Gasteiger partial charge in [-0.1, -0.05) is 0 Å². The van der Waals surface area contributed by atoms with Gasteiger partial charge in [-0.2, -0.15) is 0 Å². The minimum absolute atomic E-state index is 0. The van der Waals surface area contributed by atoms with E-state index < -0.39 is 0 Å². The van der Waals surface area contributed by atoms with Crippen molar-refractivity contribution in [2.24, 2.45) is 5.73 Å². The summed E-state index contributed by atoms with van der Waals surface area (Å²) in [5.41, 5.74) is 5.98. The fraction of sp³-hybridized carbons (Fsp3) is 0.923. The Morgan fingerprint density at radius 3 is 2.78 bits per heavy atom. The summed E-state index contributed by atoms with van der Waals surface area (Å²) in [6.45, 7) is 3.69. The summed E-state index contributed by atoms with van der Waals surface area (Å²) in [7, 11) is 0. The third kappa shape index (κ3) is 3.84. The Kier molecular flexibility index (Phi) is 6.39. The van der Waals surface area contributed by atoms with Gasteiger partial charge in [0, 0.05) is 25.2 Å². The summed E-state index contributed by atoms with van der Waals surface area (Å²) in [5.74, 6) is 0.235. The van der Waals surface area contributed by atoms with Crippen LogP contribution in [0.15, 0.2) is 0 Å². The molecule has 2 fully saturated rings. The molecule has 0 spiro atoms. The number of hydrogen-bond donors (Lipinski definition) is 1. The van der Waals surface area contributed by atoms with E-state index >= 15 is 0 Å². The van der Waals surface area contributed by atoms with Gasteiger partial charge < -0.3 is 15.4 Å². The lowest BCUT2D eigenvalue weighted by Gasteiger charge is -2.38. The molecule has 106 valence electrons. The van der Waals surface area contributed by atoms with Crippen LogP contribution in [0.5, 0.6) is 0 Å². The van der Waals surface area contributed by atoms with Gasteiger partial charge in [-0.3, -0.25) is 4.79 Å². The van der Waals surface area contributed by atoms with Crippen LogP contribution in [0, 0.1) is 0 Å². The molecule has 0 saturated carbocycles. The molecule has 1 amide bonds. The molecule has 4 nitrogen and oxygen atoms in total. The number of nitrogens with two attached hydrogens (primary N) is 1. The molecule has 2 heterocycles. The molecular formula is C13H25ClN2O2. The van der Waals surface area contributed by atoms with E-state index in [9.17, 15) is 4.79 Å². The van der Waals surface area contributed by atoms with E-state index in [2.05, 4.69) is 0 Å². The summed E-state index contributed by atoms with van der Waals surface area (Å²) in [6.07, 6.45) is 6.17. The molecule has 18 heavy (non-hydrogen) atoms. The van der Waals surface area contributed by atoms with Crippen molar-refractivity contribution in [2.75, 3.05) is 13.2 Å². The van der Waals surface area contributed by atoms with E-state index in [1.807, 2.05) is 11.8 Å². The molecule has 0 aromatic heterocycles. The van der Waals surface area contributed by atoms with Crippen molar-refractivity contribution < 1.29 is 9.53 Å². The SMILES string of the molecule is CC(N)C1CCCCN1C(=O)CC1CCCO1.Cl. The van der Waals surface area contributed by atoms with E-state index in [1.54, 1.807) is 0 Å². The average Bonchev–Trinajstić information content (AvgIpc) is 2.81. The van der Waals surface area contributed by atoms with Crippen LogP contribution < -0.4 is 5.73 Å². The molecule has 0 aromatic carbocycles. The van der Waals surface area contributed by atoms with E-state index in [0.29, 0.717) is 6.42 Å². The lowest BCUT2D eigenvalue weighted by Crippen LogP contribution is -2.52. The van der Waals surface area contributed by atoms with Gasteiger partial charge in [0.2, 0.25) is 5.91 Å². The molecule has 0 bridgehead atoms. The molecule has 0 aliphatic carbocycles. The highest BCUT2D eigenvalue weighted by Crippen LogP contribution is 2.22. The minimum Gasteiger partial charge on any atom is -0.378 e. The number of nitrogens with zero attached hydrogens (tertiary/aromatic N) is 1. The molecule has 5 heteroatoms. The summed E-state index contributed by atoms with van der Waals surface area (Å²) in [5, 5.41) is 0. The number of amides is 1. The second kappa shape index (κ2) is 7.31. The molecule has 2 N–H and O–H groups in total. The zero-order chi connectivity index (χ0) is 12.3. The van der Waals surface area contributed by atoms with Gasteiger partial charge in [0.05, 0.1) is 12.5 Å². The minimum atomic E-state index is 0. The first-order valence-corrected chi connectivity index (χ1v) is 6.85. The Bertz CT molecular complexity index is 268. The van der Waals surface area contributed by atoms with Crippen LogP contribution in [0.2, 0.25) is 0 Å². The predicted octanol–water partition coefficient (Wildman–Crippen LogP) is 1.71. The topological polar surface area (TPSA) is 55.6 Å².